The summed E-state index contributed by atoms with van der Waals surface area (Å²) in [5.41, 5.74) is 5.84. The summed E-state index contributed by atoms with van der Waals surface area (Å²) < 4.78 is 0. The van der Waals surface area contributed by atoms with Gasteiger partial charge in [0.1, 0.15) is 0 Å². The van der Waals surface area contributed by atoms with Gasteiger partial charge >= 0.3 is 0 Å². The van der Waals surface area contributed by atoms with Crippen molar-refractivity contribution >= 4 is 12.6 Å². The zero-order valence-electron chi connectivity index (χ0n) is 5.71. The van der Waals surface area contributed by atoms with Gasteiger partial charge in [-0.3, -0.25) is 0 Å². The maximum absolute atomic E-state index is 5.84. The number of thiol groups is 1. The van der Waals surface area contributed by atoms with Crippen LogP contribution in [0.3, 0.4) is 0 Å². The van der Waals surface area contributed by atoms with Crippen LogP contribution < -0.4 is 5.73 Å². The molecule has 1 rings (SSSR count). The third-order valence-corrected chi connectivity index (χ3v) is 2.67. The van der Waals surface area contributed by atoms with Gasteiger partial charge in [-0.25, -0.2) is 0 Å². The molecule has 0 aromatic carbocycles. The van der Waals surface area contributed by atoms with Crippen molar-refractivity contribution in [3.05, 3.63) is 0 Å². The molecule has 9 heavy (non-hydrogen) atoms. The predicted octanol–water partition coefficient (Wildman–Crippen LogP) is 1.43. The highest BCUT2D eigenvalue weighted by molar-refractivity contribution is 7.80. The van der Waals surface area contributed by atoms with E-state index in [1.165, 1.54) is 25.7 Å². The van der Waals surface area contributed by atoms with Gasteiger partial charge in [0, 0.05) is 6.04 Å². The van der Waals surface area contributed by atoms with E-state index in [-0.39, 0.29) is 0 Å². The summed E-state index contributed by atoms with van der Waals surface area (Å²) in [4.78, 5) is 0. The Morgan fingerprint density at radius 2 is 2.00 bits per heavy atom. The maximum atomic E-state index is 5.84. The van der Waals surface area contributed by atoms with Gasteiger partial charge in [0.15, 0.2) is 0 Å². The van der Waals surface area contributed by atoms with E-state index in [1.807, 2.05) is 0 Å². The minimum absolute atomic E-state index is 0.441. The number of rotatable bonds is 1. The minimum Gasteiger partial charge on any atom is -0.327 e. The van der Waals surface area contributed by atoms with E-state index in [4.69, 9.17) is 5.73 Å². The van der Waals surface area contributed by atoms with Crippen LogP contribution in [0.4, 0.5) is 0 Å². The molecule has 0 spiro atoms. The topological polar surface area (TPSA) is 26.0 Å². The summed E-state index contributed by atoms with van der Waals surface area (Å²) in [6.45, 7) is 0. The van der Waals surface area contributed by atoms with Gasteiger partial charge < -0.3 is 5.73 Å². The van der Waals surface area contributed by atoms with Gasteiger partial charge in [0.05, 0.1) is 0 Å². The van der Waals surface area contributed by atoms with Crippen LogP contribution in [0, 0.1) is 5.92 Å². The van der Waals surface area contributed by atoms with E-state index in [2.05, 4.69) is 12.6 Å². The number of nitrogens with two attached hydrogens (primary N) is 1. The Bertz CT molecular complexity index is 85.0. The molecule has 0 aromatic heterocycles. The first-order valence-electron chi connectivity index (χ1n) is 3.71. The van der Waals surface area contributed by atoms with Gasteiger partial charge in [-0.05, 0) is 24.5 Å². The van der Waals surface area contributed by atoms with E-state index in [9.17, 15) is 0 Å². The van der Waals surface area contributed by atoms with Crippen LogP contribution in [0.15, 0.2) is 0 Å². The van der Waals surface area contributed by atoms with Crippen LogP contribution in [-0.2, 0) is 0 Å². The maximum Gasteiger partial charge on any atom is 0.00749 e. The molecule has 1 fully saturated rings. The van der Waals surface area contributed by atoms with Gasteiger partial charge in [-0.15, -0.1) is 0 Å². The van der Waals surface area contributed by atoms with Crippen molar-refractivity contribution in [2.45, 2.75) is 31.7 Å². The van der Waals surface area contributed by atoms with Crippen molar-refractivity contribution in [3.63, 3.8) is 0 Å². The van der Waals surface area contributed by atoms with Crippen LogP contribution in [0.25, 0.3) is 0 Å². The molecule has 0 aromatic rings. The van der Waals surface area contributed by atoms with E-state index in [1.54, 1.807) is 0 Å². The van der Waals surface area contributed by atoms with Crippen molar-refractivity contribution in [1.29, 1.82) is 0 Å². The molecule has 2 N–H and O–H groups in total. The highest BCUT2D eigenvalue weighted by Gasteiger charge is 2.19. The summed E-state index contributed by atoms with van der Waals surface area (Å²) in [5, 5.41) is 0. The Morgan fingerprint density at radius 3 is 2.44 bits per heavy atom. The quantitative estimate of drug-likeness (QED) is 0.536. The lowest BCUT2D eigenvalue weighted by molar-refractivity contribution is 0.336. The molecular formula is C7H15NS. The van der Waals surface area contributed by atoms with E-state index in [0.717, 1.165) is 5.75 Å². The lowest BCUT2D eigenvalue weighted by Crippen LogP contribution is -2.33. The molecule has 1 nitrogen and oxygen atoms in total. The zero-order valence-corrected chi connectivity index (χ0v) is 6.61. The Morgan fingerprint density at radius 1 is 1.33 bits per heavy atom. The predicted molar refractivity (Wildman–Crippen MR) is 43.8 cm³/mol. The van der Waals surface area contributed by atoms with Crippen molar-refractivity contribution < 1.29 is 0 Å². The monoisotopic (exact) mass is 145 g/mol. The van der Waals surface area contributed by atoms with Crippen molar-refractivity contribution in [1.82, 2.24) is 0 Å². The average molecular weight is 145 g/mol. The first-order chi connectivity index (χ1) is 4.34. The Kier molecular flexibility index (Phi) is 2.86. The van der Waals surface area contributed by atoms with Crippen molar-refractivity contribution in [2.24, 2.45) is 11.7 Å². The molecule has 1 saturated carbocycles. The molecule has 1 aliphatic carbocycles. The molecule has 2 atom stereocenters. The summed E-state index contributed by atoms with van der Waals surface area (Å²) in [5.74, 6) is 1.67. The standard InChI is InChI=1S/C7H15NS/c8-7-4-2-1-3-6(7)5-9/h6-7,9H,1-5,8H2. The Balaban J connectivity index is 2.30. The molecule has 0 bridgehead atoms. The minimum atomic E-state index is 0.441. The second-order valence-corrected chi connectivity index (χ2v) is 3.26. The van der Waals surface area contributed by atoms with E-state index in [0.29, 0.717) is 12.0 Å². The molecule has 0 radical (unpaired) electrons. The first kappa shape index (κ1) is 7.42. The third-order valence-electron chi connectivity index (χ3n) is 2.20. The van der Waals surface area contributed by atoms with Crippen LogP contribution in [0.5, 0.6) is 0 Å². The molecule has 0 heterocycles. The summed E-state index contributed by atoms with van der Waals surface area (Å²) in [6.07, 6.45) is 5.19. The van der Waals surface area contributed by atoms with Crippen LogP contribution in [0.1, 0.15) is 25.7 Å². The lowest BCUT2D eigenvalue weighted by Gasteiger charge is -2.26. The normalized spacial score (nSPS) is 36.7. The highest BCUT2D eigenvalue weighted by atomic mass is 32.1. The van der Waals surface area contributed by atoms with Gasteiger partial charge in [-0.2, -0.15) is 12.6 Å². The first-order valence-corrected chi connectivity index (χ1v) is 4.34. The van der Waals surface area contributed by atoms with Crippen LogP contribution in [0.2, 0.25) is 0 Å². The van der Waals surface area contributed by atoms with Crippen molar-refractivity contribution in [2.75, 3.05) is 5.75 Å². The largest absolute Gasteiger partial charge is 0.327 e. The molecule has 0 saturated heterocycles. The summed E-state index contributed by atoms with van der Waals surface area (Å²) in [6, 6.07) is 0.441. The fourth-order valence-electron chi connectivity index (χ4n) is 1.46. The molecule has 1 aliphatic rings. The molecule has 2 unspecified atom stereocenters. The smallest absolute Gasteiger partial charge is 0.00749 e. The highest BCUT2D eigenvalue weighted by Crippen LogP contribution is 2.23. The van der Waals surface area contributed by atoms with Crippen LogP contribution >= 0.6 is 12.6 Å². The second-order valence-electron chi connectivity index (χ2n) is 2.89. The molecule has 0 aliphatic heterocycles. The fraction of sp³-hybridized carbons (Fsp3) is 1.00. The number of hydrogen-bond acceptors (Lipinski definition) is 2. The van der Waals surface area contributed by atoms with Crippen molar-refractivity contribution in [3.8, 4) is 0 Å². The van der Waals surface area contributed by atoms with Crippen LogP contribution in [-0.4, -0.2) is 11.8 Å². The Labute approximate surface area is 62.4 Å². The van der Waals surface area contributed by atoms with E-state index < -0.39 is 0 Å². The average Bonchev–Trinajstić information content (AvgIpc) is 1.89. The SMILES string of the molecule is NC1CCCCC1CS. The Hall–Kier alpha value is 0.310. The third kappa shape index (κ3) is 1.87. The number of hydrogen-bond donors (Lipinski definition) is 2. The fourth-order valence-corrected chi connectivity index (χ4v) is 1.92. The lowest BCUT2D eigenvalue weighted by atomic mass is 9.86. The van der Waals surface area contributed by atoms with Gasteiger partial charge in [0.25, 0.3) is 0 Å². The molecule has 54 valence electrons. The molecule has 2 heteroatoms. The van der Waals surface area contributed by atoms with Gasteiger partial charge in [-0.1, -0.05) is 12.8 Å². The summed E-state index contributed by atoms with van der Waals surface area (Å²) >= 11 is 4.24. The molecular weight excluding hydrogens is 130 g/mol. The summed E-state index contributed by atoms with van der Waals surface area (Å²) in [7, 11) is 0. The van der Waals surface area contributed by atoms with Gasteiger partial charge in [0.2, 0.25) is 0 Å². The van der Waals surface area contributed by atoms with E-state index >= 15 is 0 Å². The molecule has 0 amide bonds. The zero-order chi connectivity index (χ0) is 6.69. The second kappa shape index (κ2) is 3.47.